The number of hydrogen-bond donors (Lipinski definition) is 1. The van der Waals surface area contributed by atoms with E-state index in [0.717, 1.165) is 30.9 Å². The average Bonchev–Trinajstić information content (AvgIpc) is 2.34. The van der Waals surface area contributed by atoms with Crippen LogP contribution in [-0.2, 0) is 4.74 Å². The highest BCUT2D eigenvalue weighted by molar-refractivity contribution is 5.30. The number of likely N-dealkylation sites (N-methyl/N-ethyl adjacent to an activating group) is 1. The summed E-state index contributed by atoms with van der Waals surface area (Å²) in [5.74, 6) is 1.01. The quantitative estimate of drug-likeness (QED) is 0.870. The molecule has 0 radical (unpaired) electrons. The normalized spacial score (nSPS) is 17.2. The maximum atomic E-state index is 5.73. The average molecular weight is 232 g/mol. The molecule has 0 spiro atoms. The first-order valence-corrected chi connectivity index (χ1v) is 6.15. The Morgan fingerprint density at radius 3 is 2.82 bits per heavy atom. The first-order chi connectivity index (χ1) is 8.22. The van der Waals surface area contributed by atoms with Crippen molar-refractivity contribution in [2.45, 2.75) is 32.7 Å². The maximum Gasteiger partial charge on any atom is 0.115 e. The fraction of sp³-hybridized carbons (Fsp3) is 0.500. The third-order valence-corrected chi connectivity index (χ3v) is 3.06. The van der Waals surface area contributed by atoms with E-state index in [-0.39, 0.29) is 6.04 Å². The Labute approximate surface area is 103 Å². The molecule has 92 valence electrons. The van der Waals surface area contributed by atoms with Crippen molar-refractivity contribution in [2.24, 2.45) is 0 Å². The SMILES string of the molecule is CNC(C1=CCCCO1)c1ncc(C)cc1C. The molecule has 1 N–H and O–H groups in total. The van der Waals surface area contributed by atoms with Crippen LogP contribution in [-0.4, -0.2) is 18.6 Å². The van der Waals surface area contributed by atoms with Gasteiger partial charge in [-0.25, -0.2) is 0 Å². The van der Waals surface area contributed by atoms with Crippen molar-refractivity contribution in [3.8, 4) is 0 Å². The lowest BCUT2D eigenvalue weighted by Crippen LogP contribution is -2.23. The summed E-state index contributed by atoms with van der Waals surface area (Å²) in [6.07, 6.45) is 6.29. The lowest BCUT2D eigenvalue weighted by molar-refractivity contribution is 0.168. The molecule has 0 aliphatic carbocycles. The fourth-order valence-electron chi connectivity index (χ4n) is 2.22. The van der Waals surface area contributed by atoms with Gasteiger partial charge in [0.15, 0.2) is 0 Å². The van der Waals surface area contributed by atoms with Gasteiger partial charge in [0.05, 0.1) is 12.3 Å². The number of nitrogens with zero attached hydrogens (tertiary/aromatic N) is 1. The summed E-state index contributed by atoms with van der Waals surface area (Å²) in [7, 11) is 1.95. The van der Waals surface area contributed by atoms with Crippen molar-refractivity contribution in [3.63, 3.8) is 0 Å². The minimum Gasteiger partial charge on any atom is -0.496 e. The van der Waals surface area contributed by atoms with Crippen molar-refractivity contribution < 1.29 is 4.74 Å². The Morgan fingerprint density at radius 1 is 1.41 bits per heavy atom. The molecule has 0 fully saturated rings. The molecule has 1 aliphatic heterocycles. The van der Waals surface area contributed by atoms with E-state index in [0.29, 0.717) is 0 Å². The molecular weight excluding hydrogens is 212 g/mol. The number of ether oxygens (including phenoxy) is 1. The number of aromatic nitrogens is 1. The molecule has 1 unspecified atom stereocenters. The van der Waals surface area contributed by atoms with Crippen molar-refractivity contribution in [1.29, 1.82) is 0 Å². The highest BCUT2D eigenvalue weighted by atomic mass is 16.5. The third-order valence-electron chi connectivity index (χ3n) is 3.06. The molecule has 0 bridgehead atoms. The van der Waals surface area contributed by atoms with Crippen LogP contribution in [0.2, 0.25) is 0 Å². The number of aryl methyl sites for hydroxylation is 2. The second-order valence-electron chi connectivity index (χ2n) is 4.53. The van der Waals surface area contributed by atoms with E-state index in [4.69, 9.17) is 4.74 Å². The van der Waals surface area contributed by atoms with Gasteiger partial charge in [0, 0.05) is 6.20 Å². The van der Waals surface area contributed by atoms with Crippen molar-refractivity contribution in [2.75, 3.05) is 13.7 Å². The van der Waals surface area contributed by atoms with Gasteiger partial charge in [-0.2, -0.15) is 0 Å². The molecule has 0 saturated heterocycles. The first kappa shape index (κ1) is 12.1. The summed E-state index contributed by atoms with van der Waals surface area (Å²) in [4.78, 5) is 4.54. The van der Waals surface area contributed by atoms with Gasteiger partial charge in [0.2, 0.25) is 0 Å². The lowest BCUT2D eigenvalue weighted by atomic mass is 10.0. The second kappa shape index (κ2) is 5.32. The summed E-state index contributed by atoms with van der Waals surface area (Å²) in [5.41, 5.74) is 3.46. The van der Waals surface area contributed by atoms with E-state index in [2.05, 4.69) is 36.3 Å². The topological polar surface area (TPSA) is 34.1 Å². The number of allylic oxidation sites excluding steroid dienone is 1. The predicted octanol–water partition coefficient (Wildman–Crippen LogP) is 2.65. The minimum atomic E-state index is 0.0795. The zero-order chi connectivity index (χ0) is 12.3. The van der Waals surface area contributed by atoms with Crippen molar-refractivity contribution >= 4 is 0 Å². The Balaban J connectivity index is 2.31. The maximum absolute atomic E-state index is 5.73. The lowest BCUT2D eigenvalue weighted by Gasteiger charge is -2.24. The molecule has 0 amide bonds. The van der Waals surface area contributed by atoms with Gasteiger partial charge < -0.3 is 10.1 Å². The molecule has 3 nitrogen and oxygen atoms in total. The fourth-order valence-corrected chi connectivity index (χ4v) is 2.22. The molecule has 2 rings (SSSR count). The van der Waals surface area contributed by atoms with Gasteiger partial charge in [0.1, 0.15) is 11.8 Å². The molecule has 1 aromatic heterocycles. The van der Waals surface area contributed by atoms with E-state index >= 15 is 0 Å². The Bertz CT molecular complexity index is 426. The van der Waals surface area contributed by atoms with Crippen LogP contribution in [0.5, 0.6) is 0 Å². The molecule has 1 aliphatic rings. The minimum absolute atomic E-state index is 0.0795. The van der Waals surface area contributed by atoms with E-state index < -0.39 is 0 Å². The van der Waals surface area contributed by atoms with Gasteiger partial charge in [-0.1, -0.05) is 6.07 Å². The zero-order valence-electron chi connectivity index (χ0n) is 10.8. The number of pyridine rings is 1. The molecular formula is C14H20N2O. The van der Waals surface area contributed by atoms with E-state index in [1.165, 1.54) is 11.1 Å². The summed E-state index contributed by atoms with van der Waals surface area (Å²) >= 11 is 0. The monoisotopic (exact) mass is 232 g/mol. The smallest absolute Gasteiger partial charge is 0.115 e. The van der Waals surface area contributed by atoms with Crippen LogP contribution in [0.15, 0.2) is 24.1 Å². The van der Waals surface area contributed by atoms with Crippen molar-refractivity contribution in [1.82, 2.24) is 10.3 Å². The number of hydrogen-bond acceptors (Lipinski definition) is 3. The molecule has 2 heterocycles. The number of nitrogens with one attached hydrogen (secondary N) is 1. The van der Waals surface area contributed by atoms with Crippen LogP contribution < -0.4 is 5.32 Å². The highest BCUT2D eigenvalue weighted by Crippen LogP contribution is 2.26. The summed E-state index contributed by atoms with van der Waals surface area (Å²) in [6.45, 7) is 4.98. The number of rotatable bonds is 3. The van der Waals surface area contributed by atoms with Gasteiger partial charge in [-0.15, -0.1) is 0 Å². The van der Waals surface area contributed by atoms with Crippen LogP contribution in [0.1, 0.15) is 35.7 Å². The molecule has 1 aromatic rings. The third kappa shape index (κ3) is 2.67. The molecule has 1 atom stereocenters. The van der Waals surface area contributed by atoms with Gasteiger partial charge in [0.25, 0.3) is 0 Å². The van der Waals surface area contributed by atoms with Crippen LogP contribution in [0, 0.1) is 13.8 Å². The summed E-state index contributed by atoms with van der Waals surface area (Å²) in [6, 6.07) is 2.24. The molecule has 17 heavy (non-hydrogen) atoms. The standard InChI is InChI=1S/C14H20N2O/c1-10-8-11(2)13(16-9-10)14(15-3)12-6-4-5-7-17-12/h6,8-9,14-15H,4-5,7H2,1-3H3. The summed E-state index contributed by atoms with van der Waals surface area (Å²) < 4.78 is 5.73. The van der Waals surface area contributed by atoms with Crippen LogP contribution in [0.4, 0.5) is 0 Å². The van der Waals surface area contributed by atoms with Gasteiger partial charge >= 0.3 is 0 Å². The van der Waals surface area contributed by atoms with E-state index in [9.17, 15) is 0 Å². The Kier molecular flexibility index (Phi) is 3.79. The first-order valence-electron chi connectivity index (χ1n) is 6.15. The molecule has 0 saturated carbocycles. The van der Waals surface area contributed by atoms with Crippen LogP contribution >= 0.6 is 0 Å². The largest absolute Gasteiger partial charge is 0.496 e. The zero-order valence-corrected chi connectivity index (χ0v) is 10.8. The second-order valence-corrected chi connectivity index (χ2v) is 4.53. The summed E-state index contributed by atoms with van der Waals surface area (Å²) in [5, 5.41) is 3.29. The predicted molar refractivity (Wildman–Crippen MR) is 68.8 cm³/mol. The van der Waals surface area contributed by atoms with Gasteiger partial charge in [-0.05, 0) is 50.9 Å². The molecule has 3 heteroatoms. The Hall–Kier alpha value is -1.35. The molecule has 0 aromatic carbocycles. The highest BCUT2D eigenvalue weighted by Gasteiger charge is 2.21. The van der Waals surface area contributed by atoms with E-state index in [1.54, 1.807) is 0 Å². The van der Waals surface area contributed by atoms with Crippen LogP contribution in [0.3, 0.4) is 0 Å². The Morgan fingerprint density at radius 2 is 2.24 bits per heavy atom. The van der Waals surface area contributed by atoms with Gasteiger partial charge in [-0.3, -0.25) is 4.98 Å². The van der Waals surface area contributed by atoms with Crippen LogP contribution in [0.25, 0.3) is 0 Å². The van der Waals surface area contributed by atoms with E-state index in [1.807, 2.05) is 13.2 Å². The van der Waals surface area contributed by atoms with Crippen molar-refractivity contribution in [3.05, 3.63) is 40.9 Å².